The molecule has 0 fully saturated rings. The first-order valence-corrected chi connectivity index (χ1v) is 8.66. The Bertz CT molecular complexity index is 871. The van der Waals surface area contributed by atoms with Crippen molar-refractivity contribution < 1.29 is 14.5 Å². The minimum absolute atomic E-state index is 0.0883. The minimum atomic E-state index is -0.506. The van der Waals surface area contributed by atoms with Gasteiger partial charge in [-0.3, -0.25) is 24.4 Å². The molecule has 1 aromatic carbocycles. The lowest BCUT2D eigenvalue weighted by atomic mass is 10.1. The van der Waals surface area contributed by atoms with Crippen LogP contribution < -0.4 is 5.32 Å². The number of anilines is 1. The number of nitrogens with zero attached hydrogens (tertiary/aromatic N) is 4. The van der Waals surface area contributed by atoms with E-state index in [2.05, 4.69) is 10.4 Å². The molecule has 9 nitrogen and oxygen atoms in total. The van der Waals surface area contributed by atoms with Crippen LogP contribution in [0.1, 0.15) is 35.6 Å². The Morgan fingerprint density at radius 1 is 1.26 bits per heavy atom. The van der Waals surface area contributed by atoms with Crippen molar-refractivity contribution in [1.82, 2.24) is 14.7 Å². The van der Waals surface area contributed by atoms with Gasteiger partial charge in [0.15, 0.2) is 0 Å². The molecule has 0 aliphatic carbocycles. The lowest BCUT2D eigenvalue weighted by Crippen LogP contribution is -2.30. The fraction of sp³-hybridized carbons (Fsp3) is 0.389. The summed E-state index contributed by atoms with van der Waals surface area (Å²) in [6.45, 7) is 7.93. The Kier molecular flexibility index (Phi) is 6.27. The molecule has 0 aliphatic rings. The maximum Gasteiger partial charge on any atom is 0.312 e. The number of nitro groups is 1. The first kappa shape index (κ1) is 20.1. The molecule has 1 aromatic heterocycles. The predicted octanol–water partition coefficient (Wildman–Crippen LogP) is 2.53. The third-order valence-electron chi connectivity index (χ3n) is 4.26. The van der Waals surface area contributed by atoms with Gasteiger partial charge in [0.1, 0.15) is 17.9 Å². The Hall–Kier alpha value is -3.23. The highest BCUT2D eigenvalue weighted by Crippen LogP contribution is 2.21. The zero-order valence-corrected chi connectivity index (χ0v) is 15.9. The molecule has 0 atom stereocenters. The highest BCUT2D eigenvalue weighted by Gasteiger charge is 2.22. The number of hydrogen-bond donors (Lipinski definition) is 1. The predicted molar refractivity (Wildman–Crippen MR) is 101 cm³/mol. The molecule has 2 aromatic rings. The van der Waals surface area contributed by atoms with E-state index in [1.807, 2.05) is 13.8 Å². The van der Waals surface area contributed by atoms with Crippen LogP contribution in [0.2, 0.25) is 0 Å². The van der Waals surface area contributed by atoms with E-state index < -0.39 is 4.92 Å². The molecule has 0 unspecified atom stereocenters. The molecule has 144 valence electrons. The fourth-order valence-corrected chi connectivity index (χ4v) is 2.87. The van der Waals surface area contributed by atoms with E-state index in [0.29, 0.717) is 30.0 Å². The summed E-state index contributed by atoms with van der Waals surface area (Å²) in [6.07, 6.45) is 0. The smallest absolute Gasteiger partial charge is 0.312 e. The van der Waals surface area contributed by atoms with Crippen LogP contribution in [0.5, 0.6) is 0 Å². The lowest BCUT2D eigenvalue weighted by molar-refractivity contribution is -0.386. The van der Waals surface area contributed by atoms with Gasteiger partial charge in [0.2, 0.25) is 5.91 Å². The van der Waals surface area contributed by atoms with Crippen LogP contribution in [0.3, 0.4) is 0 Å². The molecule has 2 rings (SSSR count). The number of nitrogens with one attached hydrogen (secondary N) is 1. The van der Waals surface area contributed by atoms with Crippen molar-refractivity contribution in [3.8, 4) is 0 Å². The molecule has 0 spiro atoms. The van der Waals surface area contributed by atoms with Gasteiger partial charge in [0.25, 0.3) is 5.91 Å². The SMILES string of the molecule is CCN(CC)C(=O)c1cccc(NC(=O)Cn2nc(C)c([N+](=O)[O-])c2C)c1. The number of aryl methyl sites for hydroxylation is 1. The van der Waals surface area contributed by atoms with E-state index >= 15 is 0 Å². The van der Waals surface area contributed by atoms with Crippen molar-refractivity contribution >= 4 is 23.2 Å². The zero-order valence-electron chi connectivity index (χ0n) is 15.9. The van der Waals surface area contributed by atoms with Crippen LogP contribution in [-0.4, -0.2) is 44.5 Å². The Morgan fingerprint density at radius 3 is 2.48 bits per heavy atom. The van der Waals surface area contributed by atoms with E-state index in [-0.39, 0.29) is 29.7 Å². The second-order valence-corrected chi connectivity index (χ2v) is 6.04. The third kappa shape index (κ3) is 4.49. The fourth-order valence-electron chi connectivity index (χ4n) is 2.87. The summed E-state index contributed by atoms with van der Waals surface area (Å²) in [5, 5.41) is 17.8. The van der Waals surface area contributed by atoms with Crippen LogP contribution in [0, 0.1) is 24.0 Å². The molecular formula is C18H23N5O4. The molecule has 1 heterocycles. The van der Waals surface area contributed by atoms with Gasteiger partial charge >= 0.3 is 5.69 Å². The number of benzene rings is 1. The summed E-state index contributed by atoms with van der Waals surface area (Å²) in [6, 6.07) is 6.68. The molecule has 0 saturated carbocycles. The van der Waals surface area contributed by atoms with Gasteiger partial charge in [-0.15, -0.1) is 0 Å². The molecule has 1 N–H and O–H groups in total. The highest BCUT2D eigenvalue weighted by atomic mass is 16.6. The van der Waals surface area contributed by atoms with Crippen molar-refractivity contribution in [2.24, 2.45) is 0 Å². The van der Waals surface area contributed by atoms with Crippen molar-refractivity contribution in [2.45, 2.75) is 34.2 Å². The Morgan fingerprint density at radius 2 is 1.93 bits per heavy atom. The van der Waals surface area contributed by atoms with Gasteiger partial charge < -0.3 is 10.2 Å². The number of carbonyl (C=O) groups excluding carboxylic acids is 2. The Labute approximate surface area is 157 Å². The van der Waals surface area contributed by atoms with Gasteiger partial charge in [0.05, 0.1) is 4.92 Å². The summed E-state index contributed by atoms with van der Waals surface area (Å²) >= 11 is 0. The normalized spacial score (nSPS) is 10.5. The van der Waals surface area contributed by atoms with Crippen molar-refractivity contribution in [3.05, 3.63) is 51.3 Å². The summed E-state index contributed by atoms with van der Waals surface area (Å²) in [5.74, 6) is -0.492. The van der Waals surface area contributed by atoms with Crippen molar-refractivity contribution in [2.75, 3.05) is 18.4 Å². The quantitative estimate of drug-likeness (QED) is 0.592. The summed E-state index contributed by atoms with van der Waals surface area (Å²) < 4.78 is 1.30. The van der Waals surface area contributed by atoms with Crippen molar-refractivity contribution in [1.29, 1.82) is 0 Å². The molecule has 0 aliphatic heterocycles. The maximum atomic E-state index is 12.4. The van der Waals surface area contributed by atoms with Crippen molar-refractivity contribution in [3.63, 3.8) is 0 Å². The minimum Gasteiger partial charge on any atom is -0.339 e. The molecular weight excluding hydrogens is 350 g/mol. The number of carbonyl (C=O) groups is 2. The topological polar surface area (TPSA) is 110 Å². The van der Waals surface area contributed by atoms with Gasteiger partial charge in [-0.2, -0.15) is 5.10 Å². The Balaban J connectivity index is 2.13. The molecule has 2 amide bonds. The molecule has 0 radical (unpaired) electrons. The molecule has 9 heteroatoms. The van der Waals surface area contributed by atoms with E-state index in [0.717, 1.165) is 0 Å². The second kappa shape index (κ2) is 8.43. The highest BCUT2D eigenvalue weighted by molar-refractivity contribution is 5.97. The van der Waals surface area contributed by atoms with Crippen LogP contribution in [0.15, 0.2) is 24.3 Å². The van der Waals surface area contributed by atoms with E-state index in [1.54, 1.807) is 36.1 Å². The standard InChI is InChI=1S/C18H23N5O4/c1-5-21(6-2)18(25)14-8-7-9-15(10-14)19-16(24)11-22-13(4)17(23(26)27)12(3)20-22/h7-10H,5-6,11H2,1-4H3,(H,19,24). The zero-order chi connectivity index (χ0) is 20.1. The van der Waals surface area contributed by atoms with Gasteiger partial charge in [-0.05, 0) is 45.9 Å². The summed E-state index contributed by atoms with van der Waals surface area (Å²) in [4.78, 5) is 37.0. The number of rotatable bonds is 7. The molecule has 0 bridgehead atoms. The second-order valence-electron chi connectivity index (χ2n) is 6.04. The van der Waals surface area contributed by atoms with E-state index in [4.69, 9.17) is 0 Å². The molecule has 0 saturated heterocycles. The van der Waals surface area contributed by atoms with E-state index in [1.165, 1.54) is 11.6 Å². The largest absolute Gasteiger partial charge is 0.339 e. The first-order valence-electron chi connectivity index (χ1n) is 8.66. The number of amides is 2. The van der Waals surface area contributed by atoms with E-state index in [9.17, 15) is 19.7 Å². The van der Waals surface area contributed by atoms with Gasteiger partial charge in [-0.1, -0.05) is 6.07 Å². The molecule has 27 heavy (non-hydrogen) atoms. The average Bonchev–Trinajstić information content (AvgIpc) is 2.89. The first-order chi connectivity index (χ1) is 12.8. The summed E-state index contributed by atoms with van der Waals surface area (Å²) in [7, 11) is 0. The monoisotopic (exact) mass is 373 g/mol. The lowest BCUT2D eigenvalue weighted by Gasteiger charge is -2.19. The van der Waals surface area contributed by atoms with Crippen LogP contribution >= 0.6 is 0 Å². The maximum absolute atomic E-state index is 12.4. The average molecular weight is 373 g/mol. The number of aromatic nitrogens is 2. The number of hydrogen-bond acceptors (Lipinski definition) is 5. The van der Waals surface area contributed by atoms with Crippen LogP contribution in [-0.2, 0) is 11.3 Å². The third-order valence-corrected chi connectivity index (χ3v) is 4.26. The van der Waals surface area contributed by atoms with Gasteiger partial charge in [-0.25, -0.2) is 0 Å². The van der Waals surface area contributed by atoms with Gasteiger partial charge in [0, 0.05) is 24.3 Å². The summed E-state index contributed by atoms with van der Waals surface area (Å²) in [5.41, 5.74) is 1.46. The van der Waals surface area contributed by atoms with Crippen LogP contribution in [0.25, 0.3) is 0 Å². The van der Waals surface area contributed by atoms with Crippen LogP contribution in [0.4, 0.5) is 11.4 Å².